The molecule has 1 aliphatic heterocycles. The van der Waals surface area contributed by atoms with Gasteiger partial charge in [0.25, 0.3) is 15.9 Å². The number of unbranched alkanes of at least 4 members (excludes halogenated alkanes) is 4. The standard InChI is InChI=1S/C28H34N2O5S2/c1-5-7-8-9-10-18-35-24-16-13-22(19-25(24)34-4)20-26-27(31)30(17-6-2)28(36-26)29-37(32,33)23-14-11-21(3)12-15-23/h6,11-16,19-20H,2,5,7-10,17-18H2,1,3-4H3. The van der Waals surface area contributed by atoms with E-state index in [0.717, 1.165) is 35.7 Å². The second-order valence-corrected chi connectivity index (χ2v) is 11.3. The molecule has 1 amide bonds. The van der Waals surface area contributed by atoms with Crippen molar-refractivity contribution in [3.8, 4) is 11.5 Å². The van der Waals surface area contributed by atoms with Crippen LogP contribution >= 0.6 is 11.8 Å². The number of rotatable bonds is 13. The first kappa shape index (κ1) is 28.5. The zero-order chi connectivity index (χ0) is 26.8. The van der Waals surface area contributed by atoms with Gasteiger partial charge in [0.2, 0.25) is 0 Å². The SMILES string of the molecule is C=CCN1C(=O)C(=Cc2ccc(OCCCCCCC)c(OC)c2)SC1=NS(=O)(=O)c1ccc(C)cc1. The van der Waals surface area contributed by atoms with Gasteiger partial charge in [0.1, 0.15) is 0 Å². The average molecular weight is 543 g/mol. The number of amides is 1. The Labute approximate surface area is 224 Å². The van der Waals surface area contributed by atoms with Crippen molar-refractivity contribution in [2.75, 3.05) is 20.3 Å². The molecule has 0 radical (unpaired) electrons. The zero-order valence-corrected chi connectivity index (χ0v) is 23.2. The molecular formula is C28H34N2O5S2. The first-order valence-corrected chi connectivity index (χ1v) is 14.6. The van der Waals surface area contributed by atoms with Crippen molar-refractivity contribution in [3.63, 3.8) is 0 Å². The molecule has 1 fully saturated rings. The Morgan fingerprint density at radius 2 is 1.78 bits per heavy atom. The molecule has 0 aliphatic carbocycles. The van der Waals surface area contributed by atoms with Crippen LogP contribution in [0.2, 0.25) is 0 Å². The Hall–Kier alpha value is -3.04. The number of methoxy groups -OCH3 is 1. The molecule has 0 aromatic heterocycles. The number of aryl methyl sites for hydroxylation is 1. The van der Waals surface area contributed by atoms with Crippen LogP contribution in [0.4, 0.5) is 0 Å². The molecular weight excluding hydrogens is 508 g/mol. The summed E-state index contributed by atoms with van der Waals surface area (Å²) >= 11 is 1.02. The third-order valence-corrected chi connectivity index (χ3v) is 8.11. The van der Waals surface area contributed by atoms with E-state index in [2.05, 4.69) is 17.9 Å². The van der Waals surface area contributed by atoms with Crippen molar-refractivity contribution in [1.82, 2.24) is 4.90 Å². The van der Waals surface area contributed by atoms with Crippen LogP contribution in [0.5, 0.6) is 11.5 Å². The van der Waals surface area contributed by atoms with Crippen LogP contribution in [0.1, 0.15) is 50.2 Å². The van der Waals surface area contributed by atoms with Crippen LogP contribution in [-0.2, 0) is 14.8 Å². The smallest absolute Gasteiger partial charge is 0.284 e. The topological polar surface area (TPSA) is 85.3 Å². The van der Waals surface area contributed by atoms with E-state index in [1.807, 2.05) is 19.1 Å². The van der Waals surface area contributed by atoms with Gasteiger partial charge in [-0.2, -0.15) is 8.42 Å². The highest BCUT2D eigenvalue weighted by molar-refractivity contribution is 8.19. The second-order valence-electron chi connectivity index (χ2n) is 8.65. The molecule has 1 aliphatic rings. The molecule has 2 aromatic carbocycles. The maximum atomic E-state index is 13.1. The number of sulfonamides is 1. The van der Waals surface area contributed by atoms with Gasteiger partial charge in [-0.15, -0.1) is 11.0 Å². The molecule has 0 atom stereocenters. The van der Waals surface area contributed by atoms with Crippen LogP contribution in [-0.4, -0.2) is 44.7 Å². The van der Waals surface area contributed by atoms with Crippen LogP contribution < -0.4 is 9.47 Å². The molecule has 1 heterocycles. The first-order valence-electron chi connectivity index (χ1n) is 12.3. The maximum absolute atomic E-state index is 13.1. The summed E-state index contributed by atoms with van der Waals surface area (Å²) in [7, 11) is -2.42. The van der Waals surface area contributed by atoms with Crippen LogP contribution in [0, 0.1) is 6.92 Å². The molecule has 2 aromatic rings. The Bertz CT molecular complexity index is 1270. The van der Waals surface area contributed by atoms with E-state index < -0.39 is 10.0 Å². The van der Waals surface area contributed by atoms with E-state index in [9.17, 15) is 13.2 Å². The van der Waals surface area contributed by atoms with Crippen molar-refractivity contribution in [3.05, 3.63) is 71.2 Å². The Morgan fingerprint density at radius 3 is 2.46 bits per heavy atom. The highest BCUT2D eigenvalue weighted by Gasteiger charge is 2.34. The summed E-state index contributed by atoms with van der Waals surface area (Å²) in [6.45, 7) is 8.50. The Balaban J connectivity index is 1.80. The molecule has 0 bridgehead atoms. The number of nitrogens with zero attached hydrogens (tertiary/aromatic N) is 2. The van der Waals surface area contributed by atoms with Gasteiger partial charge in [-0.3, -0.25) is 9.69 Å². The zero-order valence-electron chi connectivity index (χ0n) is 21.6. The summed E-state index contributed by atoms with van der Waals surface area (Å²) in [5.41, 5.74) is 1.67. The summed E-state index contributed by atoms with van der Waals surface area (Å²) in [6.07, 6.45) is 8.98. The van der Waals surface area contributed by atoms with Crippen LogP contribution in [0.25, 0.3) is 6.08 Å². The number of amidine groups is 1. The van der Waals surface area contributed by atoms with Crippen molar-refractivity contribution in [2.45, 2.75) is 50.8 Å². The van der Waals surface area contributed by atoms with E-state index in [1.54, 1.807) is 31.4 Å². The van der Waals surface area contributed by atoms with Crippen molar-refractivity contribution < 1.29 is 22.7 Å². The fraction of sp³-hybridized carbons (Fsp3) is 0.357. The number of hydrogen-bond acceptors (Lipinski definition) is 6. The third kappa shape index (κ3) is 7.72. The highest BCUT2D eigenvalue weighted by Crippen LogP contribution is 2.35. The Kier molecular flexibility index (Phi) is 10.4. The minimum Gasteiger partial charge on any atom is -0.493 e. The molecule has 7 nitrogen and oxygen atoms in total. The predicted octanol–water partition coefficient (Wildman–Crippen LogP) is 6.20. The van der Waals surface area contributed by atoms with E-state index in [4.69, 9.17) is 9.47 Å². The van der Waals surface area contributed by atoms with Crippen molar-refractivity contribution in [1.29, 1.82) is 0 Å². The van der Waals surface area contributed by atoms with Crippen LogP contribution in [0.3, 0.4) is 0 Å². The normalized spacial score (nSPS) is 16.0. The number of hydrogen-bond donors (Lipinski definition) is 0. The number of benzene rings is 2. The average Bonchev–Trinajstić information content (AvgIpc) is 3.15. The third-order valence-electron chi connectivity index (χ3n) is 5.71. The number of ether oxygens (including phenoxy) is 2. The van der Waals surface area contributed by atoms with E-state index in [0.29, 0.717) is 23.0 Å². The van der Waals surface area contributed by atoms with Gasteiger partial charge < -0.3 is 9.47 Å². The first-order chi connectivity index (χ1) is 17.8. The molecule has 198 valence electrons. The lowest BCUT2D eigenvalue weighted by atomic mass is 10.1. The molecule has 0 spiro atoms. The van der Waals surface area contributed by atoms with Crippen molar-refractivity contribution in [2.24, 2.45) is 4.40 Å². The lowest BCUT2D eigenvalue weighted by Crippen LogP contribution is -2.29. The van der Waals surface area contributed by atoms with Crippen molar-refractivity contribution >= 4 is 38.9 Å². The monoisotopic (exact) mass is 542 g/mol. The van der Waals surface area contributed by atoms with Gasteiger partial charge in [0, 0.05) is 6.54 Å². The summed E-state index contributed by atoms with van der Waals surface area (Å²) in [6, 6.07) is 11.9. The lowest BCUT2D eigenvalue weighted by molar-refractivity contribution is -0.121. The maximum Gasteiger partial charge on any atom is 0.284 e. The number of carbonyl (C=O) groups excluding carboxylic acids is 1. The lowest BCUT2D eigenvalue weighted by Gasteiger charge is -2.12. The van der Waals surface area contributed by atoms with E-state index in [1.165, 1.54) is 42.4 Å². The summed E-state index contributed by atoms with van der Waals surface area (Å²) in [5, 5.41) is 0.0896. The minimum absolute atomic E-state index is 0.0697. The second kappa shape index (κ2) is 13.5. The molecule has 9 heteroatoms. The fourth-order valence-electron chi connectivity index (χ4n) is 3.66. The quantitative estimate of drug-likeness (QED) is 0.170. The van der Waals surface area contributed by atoms with Crippen LogP contribution in [0.15, 0.2) is 69.3 Å². The molecule has 0 saturated carbocycles. The van der Waals surface area contributed by atoms with Gasteiger partial charge in [0.15, 0.2) is 16.7 Å². The van der Waals surface area contributed by atoms with E-state index in [-0.39, 0.29) is 22.5 Å². The summed E-state index contributed by atoms with van der Waals surface area (Å²) in [4.78, 5) is 14.8. The summed E-state index contributed by atoms with van der Waals surface area (Å²) < 4.78 is 41.2. The Morgan fingerprint density at radius 1 is 1.05 bits per heavy atom. The largest absolute Gasteiger partial charge is 0.493 e. The minimum atomic E-state index is -3.99. The number of thioether (sulfide) groups is 1. The fourth-order valence-corrected chi connectivity index (χ4v) is 5.85. The molecule has 37 heavy (non-hydrogen) atoms. The highest BCUT2D eigenvalue weighted by atomic mass is 32.2. The molecule has 0 unspecified atom stereocenters. The van der Waals surface area contributed by atoms with E-state index >= 15 is 0 Å². The van der Waals surface area contributed by atoms with Gasteiger partial charge >= 0.3 is 0 Å². The van der Waals surface area contributed by atoms with Gasteiger partial charge in [-0.05, 0) is 61.0 Å². The summed E-state index contributed by atoms with van der Waals surface area (Å²) in [5.74, 6) is 0.872. The molecule has 0 N–H and O–H groups in total. The molecule has 3 rings (SSSR count). The van der Waals surface area contributed by atoms with Gasteiger partial charge in [0.05, 0.1) is 23.5 Å². The van der Waals surface area contributed by atoms with Gasteiger partial charge in [-0.1, -0.05) is 62.4 Å². The molecule has 1 saturated heterocycles. The predicted molar refractivity (Wildman–Crippen MR) is 151 cm³/mol. The number of carbonyl (C=O) groups is 1. The van der Waals surface area contributed by atoms with Gasteiger partial charge in [-0.25, -0.2) is 0 Å².